The van der Waals surface area contributed by atoms with Crippen LogP contribution < -0.4 is 9.47 Å². The van der Waals surface area contributed by atoms with Crippen LogP contribution in [0.2, 0.25) is 0 Å². The molecule has 4 aromatic heterocycles. The summed E-state index contributed by atoms with van der Waals surface area (Å²) in [5.41, 5.74) is 2.93. The van der Waals surface area contributed by atoms with Crippen LogP contribution in [0.4, 0.5) is 4.39 Å². The first-order valence-corrected chi connectivity index (χ1v) is 10.8. The van der Waals surface area contributed by atoms with Gasteiger partial charge >= 0.3 is 6.01 Å². The Hall–Kier alpha value is -4.84. The van der Waals surface area contributed by atoms with Gasteiger partial charge in [-0.1, -0.05) is 12.0 Å². The van der Waals surface area contributed by atoms with Gasteiger partial charge < -0.3 is 14.0 Å². The predicted octanol–water partition coefficient (Wildman–Crippen LogP) is 5.03. The van der Waals surface area contributed by atoms with E-state index < -0.39 is 29.7 Å². The van der Waals surface area contributed by atoms with Gasteiger partial charge in [0.1, 0.15) is 23.4 Å². The normalized spacial score (nSPS) is 12.1. The number of nitrogens with zero attached hydrogens (tertiary/aromatic N) is 6. The van der Waals surface area contributed by atoms with E-state index >= 15 is 4.39 Å². The molecule has 0 unspecified atom stereocenters. The molecule has 0 aliphatic carbocycles. The molecule has 0 radical (unpaired) electrons. The van der Waals surface area contributed by atoms with Crippen molar-refractivity contribution in [3.8, 4) is 52.2 Å². The summed E-state index contributed by atoms with van der Waals surface area (Å²) >= 11 is 0. The first kappa shape index (κ1) is 19.5. The van der Waals surface area contributed by atoms with Crippen molar-refractivity contribution in [1.82, 2.24) is 29.5 Å². The van der Waals surface area contributed by atoms with E-state index in [4.69, 9.17) is 20.0 Å². The van der Waals surface area contributed by atoms with Crippen LogP contribution in [0, 0.1) is 32.0 Å². The smallest absolute Gasteiger partial charge is 0.322 e. The molecule has 5 rings (SSSR count). The second-order valence-electron chi connectivity index (χ2n) is 7.83. The van der Waals surface area contributed by atoms with Crippen molar-refractivity contribution in [1.29, 1.82) is 0 Å². The van der Waals surface area contributed by atoms with Crippen molar-refractivity contribution in [2.45, 2.75) is 13.8 Å². The lowest BCUT2D eigenvalue weighted by atomic mass is 9.98. The summed E-state index contributed by atoms with van der Waals surface area (Å²) in [5, 5.41) is 0.481. The summed E-state index contributed by atoms with van der Waals surface area (Å²) in [6, 6.07) is 1.34. The number of terminal acetylenes is 1. The average Bonchev–Trinajstić information content (AvgIpc) is 3.22. The van der Waals surface area contributed by atoms with E-state index in [0.717, 1.165) is 0 Å². The zero-order chi connectivity index (χ0) is 28.0. The van der Waals surface area contributed by atoms with Crippen LogP contribution in [0.25, 0.3) is 33.4 Å². The maximum atomic E-state index is 15.8. The number of benzene rings is 1. The van der Waals surface area contributed by atoms with Gasteiger partial charge in [-0.05, 0) is 37.6 Å². The summed E-state index contributed by atoms with van der Waals surface area (Å²) in [4.78, 5) is 21.0. The number of aryl methyl sites for hydroxylation is 3. The molecule has 0 atom stereocenters. The molecule has 0 aliphatic rings. The maximum Gasteiger partial charge on any atom is 0.322 e. The van der Waals surface area contributed by atoms with Gasteiger partial charge in [-0.15, -0.1) is 6.42 Å². The van der Waals surface area contributed by atoms with E-state index in [1.165, 1.54) is 25.8 Å². The maximum absolute atomic E-state index is 15.8. The Morgan fingerprint density at radius 2 is 1.97 bits per heavy atom. The Bertz CT molecular complexity index is 1800. The minimum Gasteiger partial charge on any atom is -0.496 e. The van der Waals surface area contributed by atoms with Crippen molar-refractivity contribution >= 4 is 11.0 Å². The Labute approximate surface area is 211 Å². The topological polar surface area (TPSA) is 87.8 Å². The van der Waals surface area contributed by atoms with E-state index in [9.17, 15) is 0 Å². The second-order valence-corrected chi connectivity index (χ2v) is 7.83. The van der Waals surface area contributed by atoms with Gasteiger partial charge in [-0.2, -0.15) is 0 Å². The van der Waals surface area contributed by atoms with Gasteiger partial charge in [0.05, 0.1) is 28.2 Å². The molecule has 8 nitrogen and oxygen atoms in total. The number of fused-ring (bicyclic) bond motifs is 1. The van der Waals surface area contributed by atoms with Crippen molar-refractivity contribution in [2.75, 3.05) is 7.11 Å². The quantitative estimate of drug-likeness (QED) is 0.324. The minimum atomic E-state index is -1.14. The number of hydrogen-bond donors (Lipinski definition) is 0. The van der Waals surface area contributed by atoms with E-state index in [1.807, 2.05) is 0 Å². The number of ether oxygens (including phenoxy) is 2. The van der Waals surface area contributed by atoms with E-state index in [1.54, 1.807) is 37.6 Å². The molecule has 4 heterocycles. The third-order valence-corrected chi connectivity index (χ3v) is 5.60. The highest BCUT2D eigenvalue weighted by Gasteiger charge is 2.25. The first-order valence-electron chi connectivity index (χ1n) is 12.3. The molecule has 0 amide bonds. The van der Waals surface area contributed by atoms with Crippen molar-refractivity contribution in [3.63, 3.8) is 0 Å². The third kappa shape index (κ3) is 3.88. The first-order chi connectivity index (χ1) is 18.7. The molecular formula is C27H21FN6O2. The highest BCUT2D eigenvalue weighted by Crippen LogP contribution is 2.44. The Morgan fingerprint density at radius 3 is 2.72 bits per heavy atom. The average molecular weight is 484 g/mol. The lowest BCUT2D eigenvalue weighted by molar-refractivity contribution is 0.410. The SMILES string of the molecule is [2H]c1c([2H])c(-c2c(-c3cnc(C#C)cc3OC)n(C)c3ncnc(C)c23)c([2H])c(F)c1Oc1nccc(C)n1. The minimum absolute atomic E-state index is 0.142. The van der Waals surface area contributed by atoms with Crippen LogP contribution in [0.5, 0.6) is 17.5 Å². The molecule has 0 saturated carbocycles. The summed E-state index contributed by atoms with van der Waals surface area (Å²) in [5.74, 6) is 1.08. The van der Waals surface area contributed by atoms with Crippen molar-refractivity contribution in [2.24, 2.45) is 7.05 Å². The molecular weight excluding hydrogens is 459 g/mol. The lowest BCUT2D eigenvalue weighted by Crippen LogP contribution is -1.99. The monoisotopic (exact) mass is 483 g/mol. The predicted molar refractivity (Wildman–Crippen MR) is 133 cm³/mol. The zero-order valence-electron chi connectivity index (χ0n) is 22.8. The Balaban J connectivity index is 1.86. The molecule has 0 fully saturated rings. The van der Waals surface area contributed by atoms with Crippen LogP contribution in [0.15, 0.2) is 49.0 Å². The van der Waals surface area contributed by atoms with Gasteiger partial charge in [0.2, 0.25) is 0 Å². The molecule has 5 aromatic rings. The molecule has 0 N–H and O–H groups in total. The van der Waals surface area contributed by atoms with Crippen LogP contribution >= 0.6 is 0 Å². The highest BCUT2D eigenvalue weighted by atomic mass is 19.1. The Kier molecular flexibility index (Phi) is 4.91. The van der Waals surface area contributed by atoms with Crippen LogP contribution in [-0.4, -0.2) is 36.6 Å². The molecule has 0 spiro atoms. The van der Waals surface area contributed by atoms with E-state index in [2.05, 4.69) is 30.8 Å². The third-order valence-electron chi connectivity index (χ3n) is 5.60. The van der Waals surface area contributed by atoms with Crippen LogP contribution in [0.3, 0.4) is 0 Å². The number of pyridine rings is 1. The van der Waals surface area contributed by atoms with Gasteiger partial charge in [0.25, 0.3) is 0 Å². The van der Waals surface area contributed by atoms with Gasteiger partial charge in [-0.25, -0.2) is 29.3 Å². The second kappa shape index (κ2) is 9.07. The van der Waals surface area contributed by atoms with Crippen molar-refractivity contribution < 1.29 is 18.0 Å². The summed E-state index contributed by atoms with van der Waals surface area (Å²) in [6.07, 6.45) is 9.84. The molecule has 0 bridgehead atoms. The number of halogens is 1. The number of methoxy groups -OCH3 is 1. The fourth-order valence-electron chi connectivity index (χ4n) is 3.95. The lowest BCUT2D eigenvalue weighted by Gasteiger charge is -2.13. The van der Waals surface area contributed by atoms with Crippen molar-refractivity contribution in [3.05, 3.63) is 71.9 Å². The van der Waals surface area contributed by atoms with E-state index in [0.29, 0.717) is 45.1 Å². The summed E-state index contributed by atoms with van der Waals surface area (Å²) in [7, 11) is 3.21. The van der Waals surface area contributed by atoms with Crippen LogP contribution in [-0.2, 0) is 7.05 Å². The zero-order valence-corrected chi connectivity index (χ0v) is 19.8. The van der Waals surface area contributed by atoms with Gasteiger partial charge in [0.15, 0.2) is 11.6 Å². The van der Waals surface area contributed by atoms with Gasteiger partial charge in [-0.3, -0.25) is 0 Å². The van der Waals surface area contributed by atoms with E-state index in [-0.39, 0.29) is 17.1 Å². The molecule has 1 aromatic carbocycles. The Morgan fingerprint density at radius 1 is 1.14 bits per heavy atom. The fourth-order valence-corrected chi connectivity index (χ4v) is 3.95. The summed E-state index contributed by atoms with van der Waals surface area (Å²) < 4.78 is 54.8. The highest BCUT2D eigenvalue weighted by molar-refractivity contribution is 6.05. The molecule has 36 heavy (non-hydrogen) atoms. The number of hydrogen-bond acceptors (Lipinski definition) is 7. The molecule has 0 saturated heterocycles. The fraction of sp³-hybridized carbons (Fsp3) is 0.148. The molecule has 178 valence electrons. The molecule has 0 aliphatic heterocycles. The summed E-state index contributed by atoms with van der Waals surface area (Å²) in [6.45, 7) is 3.44. The molecule has 9 heteroatoms. The van der Waals surface area contributed by atoms with Crippen LogP contribution in [0.1, 0.15) is 21.2 Å². The van der Waals surface area contributed by atoms with Gasteiger partial charge in [0, 0.05) is 42.2 Å². The standard InChI is InChI=1S/C27H21FN6O2/c1-6-18-12-22(35-5)19(13-30-18)25-24(23-16(3)31-14-32-26(23)34(25)4)17-7-8-21(20(28)11-17)36-27-29-10-9-15(2)33-27/h1,7-14H,2-5H3/i7D,8D,11D. The largest absolute Gasteiger partial charge is 0.496 e. The number of aromatic nitrogens is 6. The number of rotatable bonds is 5.